The molecule has 0 spiro atoms. The highest BCUT2D eigenvalue weighted by Crippen LogP contribution is 2.22. The summed E-state index contributed by atoms with van der Waals surface area (Å²) in [7, 11) is 0. The Morgan fingerprint density at radius 1 is 1.24 bits per heavy atom. The first kappa shape index (κ1) is 10.0. The molecule has 2 aliphatic rings. The Hall–Kier alpha value is -2.17. The van der Waals surface area contributed by atoms with Crippen LogP contribution in [0.3, 0.4) is 0 Å². The van der Waals surface area contributed by atoms with Gasteiger partial charge < -0.3 is 0 Å². The van der Waals surface area contributed by atoms with Crippen LogP contribution in [0.1, 0.15) is 22.6 Å². The molecule has 1 unspecified atom stereocenters. The molecule has 17 heavy (non-hydrogen) atoms. The molecule has 0 saturated heterocycles. The van der Waals surface area contributed by atoms with Crippen molar-refractivity contribution in [1.82, 2.24) is 9.97 Å². The van der Waals surface area contributed by atoms with Crippen molar-refractivity contribution in [2.75, 3.05) is 0 Å². The van der Waals surface area contributed by atoms with Crippen LogP contribution in [0.5, 0.6) is 0 Å². The number of nitrogens with zero attached hydrogens (tertiary/aromatic N) is 4. The maximum absolute atomic E-state index is 12.1. The van der Waals surface area contributed by atoms with Gasteiger partial charge in [0, 0.05) is 24.2 Å². The summed E-state index contributed by atoms with van der Waals surface area (Å²) in [6.07, 6.45) is 9.70. The van der Waals surface area contributed by atoms with Crippen molar-refractivity contribution in [2.24, 2.45) is 9.98 Å². The van der Waals surface area contributed by atoms with E-state index in [1.807, 2.05) is 6.08 Å². The molecule has 0 bridgehead atoms. The van der Waals surface area contributed by atoms with E-state index in [4.69, 9.17) is 0 Å². The summed E-state index contributed by atoms with van der Waals surface area (Å²) in [6.45, 7) is 0. The summed E-state index contributed by atoms with van der Waals surface area (Å²) >= 11 is 0. The van der Waals surface area contributed by atoms with Crippen molar-refractivity contribution < 1.29 is 4.79 Å². The number of aliphatic imine (C=N–C) groups is 2. The van der Waals surface area contributed by atoms with E-state index in [1.165, 1.54) is 6.34 Å². The SMILES string of the molecule is O=C1/C(=C/C2C=NC=N2)CCc2nccnc21. The molecule has 2 heterocycles. The van der Waals surface area contributed by atoms with Crippen LogP contribution >= 0.6 is 0 Å². The lowest BCUT2D eigenvalue weighted by Crippen LogP contribution is -2.18. The Kier molecular flexibility index (Phi) is 2.36. The zero-order chi connectivity index (χ0) is 11.7. The van der Waals surface area contributed by atoms with E-state index in [9.17, 15) is 4.79 Å². The van der Waals surface area contributed by atoms with Crippen LogP contribution in [0, 0.1) is 0 Å². The Morgan fingerprint density at radius 2 is 2.12 bits per heavy atom. The van der Waals surface area contributed by atoms with Crippen LogP contribution in [0.25, 0.3) is 0 Å². The van der Waals surface area contributed by atoms with Gasteiger partial charge in [0.05, 0.1) is 5.69 Å². The van der Waals surface area contributed by atoms with Gasteiger partial charge in [-0.15, -0.1) is 0 Å². The number of carbonyl (C=O) groups excluding carboxylic acids is 1. The minimum atomic E-state index is -0.104. The van der Waals surface area contributed by atoms with Gasteiger partial charge in [-0.3, -0.25) is 14.8 Å². The largest absolute Gasteiger partial charge is 0.287 e. The lowest BCUT2D eigenvalue weighted by molar-refractivity contribution is 0.101. The van der Waals surface area contributed by atoms with Gasteiger partial charge in [-0.2, -0.15) is 0 Å². The molecule has 5 nitrogen and oxygen atoms in total. The molecular formula is C12H10N4O. The van der Waals surface area contributed by atoms with Gasteiger partial charge in [-0.1, -0.05) is 0 Å². The van der Waals surface area contributed by atoms with Crippen LogP contribution in [-0.4, -0.2) is 34.3 Å². The highest BCUT2D eigenvalue weighted by Gasteiger charge is 2.24. The summed E-state index contributed by atoms with van der Waals surface area (Å²) in [5.41, 5.74) is 2.02. The summed E-state index contributed by atoms with van der Waals surface area (Å²) in [5.74, 6) is -0.0325. The van der Waals surface area contributed by atoms with Crippen molar-refractivity contribution in [1.29, 1.82) is 0 Å². The molecule has 0 N–H and O–H groups in total. The van der Waals surface area contributed by atoms with Crippen molar-refractivity contribution in [2.45, 2.75) is 18.9 Å². The maximum Gasteiger partial charge on any atom is 0.208 e. The van der Waals surface area contributed by atoms with Crippen molar-refractivity contribution >= 4 is 18.3 Å². The Labute approximate surface area is 98.0 Å². The summed E-state index contributed by atoms with van der Waals surface area (Å²) in [5, 5.41) is 0. The van der Waals surface area contributed by atoms with E-state index < -0.39 is 0 Å². The molecule has 1 aliphatic heterocycles. The monoisotopic (exact) mass is 226 g/mol. The quantitative estimate of drug-likeness (QED) is 0.671. The van der Waals surface area contributed by atoms with Crippen LogP contribution in [0.15, 0.2) is 34.0 Å². The molecule has 0 aromatic carbocycles. The van der Waals surface area contributed by atoms with E-state index in [0.29, 0.717) is 12.1 Å². The molecule has 5 heteroatoms. The minimum absolute atomic E-state index is 0.0325. The average Bonchev–Trinajstić information content (AvgIpc) is 2.86. The van der Waals surface area contributed by atoms with Crippen molar-refractivity contribution in [3.63, 3.8) is 0 Å². The lowest BCUT2D eigenvalue weighted by atomic mass is 9.92. The van der Waals surface area contributed by atoms with E-state index >= 15 is 0 Å². The van der Waals surface area contributed by atoms with E-state index in [2.05, 4.69) is 20.0 Å². The van der Waals surface area contributed by atoms with Gasteiger partial charge in [-0.05, 0) is 18.9 Å². The van der Waals surface area contributed by atoms with Gasteiger partial charge in [0.1, 0.15) is 18.1 Å². The zero-order valence-electron chi connectivity index (χ0n) is 9.08. The molecule has 1 aromatic heterocycles. The molecule has 1 aliphatic carbocycles. The molecule has 0 saturated carbocycles. The Morgan fingerprint density at radius 3 is 2.94 bits per heavy atom. The van der Waals surface area contributed by atoms with Gasteiger partial charge in [0.15, 0.2) is 0 Å². The second kappa shape index (κ2) is 4.01. The number of hydrogen-bond donors (Lipinski definition) is 0. The van der Waals surface area contributed by atoms with E-state index in [1.54, 1.807) is 18.6 Å². The molecule has 84 valence electrons. The third kappa shape index (κ3) is 1.80. The number of fused-ring (bicyclic) bond motifs is 1. The molecule has 3 rings (SSSR count). The second-order valence-corrected chi connectivity index (χ2v) is 3.93. The molecule has 0 fully saturated rings. The number of aromatic nitrogens is 2. The average molecular weight is 226 g/mol. The molecular weight excluding hydrogens is 216 g/mol. The molecule has 0 radical (unpaired) electrons. The highest BCUT2D eigenvalue weighted by molar-refractivity contribution is 6.09. The lowest BCUT2D eigenvalue weighted by Gasteiger charge is -2.15. The summed E-state index contributed by atoms with van der Waals surface area (Å²) < 4.78 is 0. The number of hydrogen-bond acceptors (Lipinski definition) is 5. The second-order valence-electron chi connectivity index (χ2n) is 3.93. The van der Waals surface area contributed by atoms with Crippen LogP contribution < -0.4 is 0 Å². The van der Waals surface area contributed by atoms with Gasteiger partial charge in [0.25, 0.3) is 0 Å². The predicted octanol–water partition coefficient (Wildman–Crippen LogP) is 1.01. The van der Waals surface area contributed by atoms with Crippen LogP contribution in [0.4, 0.5) is 0 Å². The Balaban J connectivity index is 1.94. The van der Waals surface area contributed by atoms with E-state index in [0.717, 1.165) is 17.7 Å². The first-order valence-electron chi connectivity index (χ1n) is 5.45. The molecule has 1 atom stereocenters. The van der Waals surface area contributed by atoms with E-state index in [-0.39, 0.29) is 11.8 Å². The van der Waals surface area contributed by atoms with Gasteiger partial charge in [-0.25, -0.2) is 9.98 Å². The topological polar surface area (TPSA) is 67.6 Å². The number of aryl methyl sites for hydroxylation is 1. The zero-order valence-corrected chi connectivity index (χ0v) is 9.08. The van der Waals surface area contributed by atoms with Gasteiger partial charge in [0.2, 0.25) is 5.78 Å². The minimum Gasteiger partial charge on any atom is -0.287 e. The molecule has 1 aromatic rings. The van der Waals surface area contributed by atoms with Crippen molar-refractivity contribution in [3.05, 3.63) is 35.4 Å². The fourth-order valence-corrected chi connectivity index (χ4v) is 1.99. The number of rotatable bonds is 1. The van der Waals surface area contributed by atoms with Crippen molar-refractivity contribution in [3.8, 4) is 0 Å². The number of Topliss-reactive ketones (excluding diaryl/α,β-unsaturated/α-hetero) is 1. The summed E-state index contributed by atoms with van der Waals surface area (Å²) in [6, 6.07) is -0.104. The highest BCUT2D eigenvalue weighted by atomic mass is 16.1. The fraction of sp³-hybridized carbons (Fsp3) is 0.250. The smallest absolute Gasteiger partial charge is 0.208 e. The maximum atomic E-state index is 12.1. The first-order chi connectivity index (χ1) is 8.34. The number of allylic oxidation sites excluding steroid dienone is 1. The Bertz CT molecular complexity index is 547. The fourth-order valence-electron chi connectivity index (χ4n) is 1.99. The van der Waals surface area contributed by atoms with Gasteiger partial charge >= 0.3 is 0 Å². The normalized spacial score (nSPS) is 24.4. The standard InChI is InChI=1S/C12H10N4O/c17-12-8(5-9-6-13-7-16-9)1-2-10-11(12)15-4-3-14-10/h3-7,9H,1-2H2/b8-5+. The third-order valence-corrected chi connectivity index (χ3v) is 2.83. The summed E-state index contributed by atoms with van der Waals surface area (Å²) in [4.78, 5) is 28.4. The molecule has 0 amide bonds. The van der Waals surface area contributed by atoms with Crippen LogP contribution in [0.2, 0.25) is 0 Å². The number of ketones is 1. The third-order valence-electron chi connectivity index (χ3n) is 2.83. The predicted molar refractivity (Wildman–Crippen MR) is 63.5 cm³/mol. The number of carbonyl (C=O) groups is 1. The van der Waals surface area contributed by atoms with Crippen LogP contribution in [-0.2, 0) is 6.42 Å². The first-order valence-corrected chi connectivity index (χ1v) is 5.45.